The van der Waals surface area contributed by atoms with E-state index in [-0.39, 0.29) is 0 Å². The molecule has 0 radical (unpaired) electrons. The first-order chi connectivity index (χ1) is 8.33. The van der Waals surface area contributed by atoms with Crippen LogP contribution in [-0.4, -0.2) is 31.6 Å². The van der Waals surface area contributed by atoms with E-state index in [1.807, 2.05) is 0 Å². The molecule has 0 aliphatic carbocycles. The largest absolute Gasteiger partial charge is 0.313 e. The molecule has 0 heterocycles. The second-order valence-corrected chi connectivity index (χ2v) is 4.35. The van der Waals surface area contributed by atoms with Crippen molar-refractivity contribution in [3.63, 3.8) is 0 Å². The van der Waals surface area contributed by atoms with Crippen molar-refractivity contribution in [1.82, 2.24) is 10.2 Å². The lowest BCUT2D eigenvalue weighted by atomic mass is 10.2. The van der Waals surface area contributed by atoms with Gasteiger partial charge in [0.15, 0.2) is 0 Å². The molecule has 0 atom stereocenters. The topological polar surface area (TPSA) is 15.3 Å². The van der Waals surface area contributed by atoms with Crippen molar-refractivity contribution < 1.29 is 0 Å². The van der Waals surface area contributed by atoms with Crippen molar-refractivity contribution in [3.05, 3.63) is 48.0 Å². The molecule has 2 nitrogen and oxygen atoms in total. The fraction of sp³-hybridized carbons (Fsp3) is 0.467. The molecular formula is C15H24N2. The van der Waals surface area contributed by atoms with Crippen LogP contribution in [0.3, 0.4) is 0 Å². The third kappa shape index (κ3) is 6.93. The fourth-order valence-corrected chi connectivity index (χ4v) is 1.75. The SMILES string of the molecule is C/C=C/CNCCCN(C)Cc1ccccc1. The molecule has 0 fully saturated rings. The molecule has 0 aromatic heterocycles. The van der Waals surface area contributed by atoms with Gasteiger partial charge in [0.25, 0.3) is 0 Å². The van der Waals surface area contributed by atoms with Crippen LogP contribution < -0.4 is 5.32 Å². The Morgan fingerprint density at radius 1 is 1.24 bits per heavy atom. The molecule has 1 aromatic carbocycles. The van der Waals surface area contributed by atoms with Gasteiger partial charge >= 0.3 is 0 Å². The van der Waals surface area contributed by atoms with Crippen LogP contribution in [0.4, 0.5) is 0 Å². The van der Waals surface area contributed by atoms with Gasteiger partial charge in [-0.3, -0.25) is 0 Å². The average molecular weight is 232 g/mol. The fourth-order valence-electron chi connectivity index (χ4n) is 1.75. The van der Waals surface area contributed by atoms with Crippen LogP contribution in [0.5, 0.6) is 0 Å². The normalized spacial score (nSPS) is 11.5. The minimum Gasteiger partial charge on any atom is -0.313 e. The standard InChI is InChI=1S/C15H24N2/c1-3-4-11-16-12-8-13-17(2)14-15-9-6-5-7-10-15/h3-7,9-10,16H,8,11-14H2,1-2H3/b4-3+. The van der Waals surface area contributed by atoms with Gasteiger partial charge in [-0.25, -0.2) is 0 Å². The highest BCUT2D eigenvalue weighted by Crippen LogP contribution is 2.02. The van der Waals surface area contributed by atoms with E-state index in [4.69, 9.17) is 0 Å². The van der Waals surface area contributed by atoms with Gasteiger partial charge < -0.3 is 10.2 Å². The van der Waals surface area contributed by atoms with E-state index < -0.39 is 0 Å². The zero-order valence-corrected chi connectivity index (χ0v) is 11.0. The quantitative estimate of drug-likeness (QED) is 0.547. The molecule has 94 valence electrons. The second-order valence-electron chi connectivity index (χ2n) is 4.35. The molecule has 1 rings (SSSR count). The number of hydrogen-bond acceptors (Lipinski definition) is 2. The van der Waals surface area contributed by atoms with E-state index in [1.54, 1.807) is 0 Å². The Morgan fingerprint density at radius 2 is 2.00 bits per heavy atom. The van der Waals surface area contributed by atoms with Crippen molar-refractivity contribution >= 4 is 0 Å². The van der Waals surface area contributed by atoms with Crippen molar-refractivity contribution in [2.24, 2.45) is 0 Å². The van der Waals surface area contributed by atoms with Gasteiger partial charge in [0.1, 0.15) is 0 Å². The Balaban J connectivity index is 2.07. The van der Waals surface area contributed by atoms with Crippen LogP contribution in [0.25, 0.3) is 0 Å². The van der Waals surface area contributed by atoms with Gasteiger partial charge in [0, 0.05) is 13.1 Å². The Kier molecular flexibility index (Phi) is 7.35. The number of allylic oxidation sites excluding steroid dienone is 1. The van der Waals surface area contributed by atoms with Crippen LogP contribution in [0.1, 0.15) is 18.9 Å². The lowest BCUT2D eigenvalue weighted by Crippen LogP contribution is -2.23. The van der Waals surface area contributed by atoms with E-state index in [1.165, 1.54) is 12.0 Å². The summed E-state index contributed by atoms with van der Waals surface area (Å²) in [6.45, 7) is 6.30. The molecule has 0 unspecified atom stereocenters. The number of rotatable bonds is 8. The first-order valence-electron chi connectivity index (χ1n) is 6.37. The molecule has 0 bridgehead atoms. The van der Waals surface area contributed by atoms with Crippen molar-refractivity contribution in [2.45, 2.75) is 19.9 Å². The Morgan fingerprint density at radius 3 is 2.71 bits per heavy atom. The molecule has 1 N–H and O–H groups in total. The number of hydrogen-bond donors (Lipinski definition) is 1. The second kappa shape index (κ2) is 8.97. The van der Waals surface area contributed by atoms with Crippen LogP contribution in [-0.2, 0) is 6.54 Å². The van der Waals surface area contributed by atoms with Gasteiger partial charge in [-0.1, -0.05) is 42.5 Å². The summed E-state index contributed by atoms with van der Waals surface area (Å²) in [7, 11) is 2.18. The third-order valence-electron chi connectivity index (χ3n) is 2.69. The van der Waals surface area contributed by atoms with Crippen LogP contribution >= 0.6 is 0 Å². The van der Waals surface area contributed by atoms with Crippen LogP contribution in [0, 0.1) is 0 Å². The molecule has 0 spiro atoms. The molecule has 0 aliphatic rings. The van der Waals surface area contributed by atoms with E-state index in [0.717, 1.165) is 26.2 Å². The summed E-state index contributed by atoms with van der Waals surface area (Å²) in [5.74, 6) is 0. The van der Waals surface area contributed by atoms with Crippen LogP contribution in [0.2, 0.25) is 0 Å². The summed E-state index contributed by atoms with van der Waals surface area (Å²) < 4.78 is 0. The van der Waals surface area contributed by atoms with Gasteiger partial charge in [0.2, 0.25) is 0 Å². The van der Waals surface area contributed by atoms with Gasteiger partial charge in [-0.05, 0) is 39.0 Å². The number of nitrogens with zero attached hydrogens (tertiary/aromatic N) is 1. The highest BCUT2D eigenvalue weighted by Gasteiger charge is 1.98. The van der Waals surface area contributed by atoms with E-state index in [2.05, 4.69) is 66.7 Å². The molecule has 0 saturated heterocycles. The lowest BCUT2D eigenvalue weighted by Gasteiger charge is -2.16. The summed E-state index contributed by atoms with van der Waals surface area (Å²) >= 11 is 0. The summed E-state index contributed by atoms with van der Waals surface area (Å²) in [6, 6.07) is 10.6. The smallest absolute Gasteiger partial charge is 0.0230 e. The first kappa shape index (κ1) is 13.9. The van der Waals surface area contributed by atoms with Crippen molar-refractivity contribution in [1.29, 1.82) is 0 Å². The van der Waals surface area contributed by atoms with Gasteiger partial charge in [-0.2, -0.15) is 0 Å². The van der Waals surface area contributed by atoms with Crippen LogP contribution in [0.15, 0.2) is 42.5 Å². The predicted molar refractivity (Wildman–Crippen MR) is 75.1 cm³/mol. The summed E-state index contributed by atoms with van der Waals surface area (Å²) in [5.41, 5.74) is 1.39. The molecule has 0 aliphatic heterocycles. The van der Waals surface area contributed by atoms with E-state index in [0.29, 0.717) is 0 Å². The third-order valence-corrected chi connectivity index (χ3v) is 2.69. The maximum absolute atomic E-state index is 3.39. The predicted octanol–water partition coefficient (Wildman–Crippen LogP) is 2.67. The molecule has 1 aromatic rings. The minimum atomic E-state index is 0.985. The zero-order chi connectivity index (χ0) is 12.3. The maximum atomic E-state index is 3.39. The first-order valence-corrected chi connectivity index (χ1v) is 6.37. The van der Waals surface area contributed by atoms with Gasteiger partial charge in [0.05, 0.1) is 0 Å². The Hall–Kier alpha value is -1.12. The van der Waals surface area contributed by atoms with E-state index >= 15 is 0 Å². The van der Waals surface area contributed by atoms with Crippen molar-refractivity contribution in [2.75, 3.05) is 26.7 Å². The van der Waals surface area contributed by atoms with Crippen molar-refractivity contribution in [3.8, 4) is 0 Å². The highest BCUT2D eigenvalue weighted by atomic mass is 15.1. The monoisotopic (exact) mass is 232 g/mol. The Labute approximate surface area is 105 Å². The highest BCUT2D eigenvalue weighted by molar-refractivity contribution is 5.14. The zero-order valence-electron chi connectivity index (χ0n) is 11.0. The summed E-state index contributed by atoms with van der Waals surface area (Å²) in [4.78, 5) is 2.37. The molecule has 0 saturated carbocycles. The van der Waals surface area contributed by atoms with Gasteiger partial charge in [-0.15, -0.1) is 0 Å². The average Bonchev–Trinajstić information content (AvgIpc) is 2.35. The summed E-state index contributed by atoms with van der Waals surface area (Å²) in [6.07, 6.45) is 5.42. The van der Waals surface area contributed by atoms with E-state index in [9.17, 15) is 0 Å². The summed E-state index contributed by atoms with van der Waals surface area (Å²) in [5, 5.41) is 3.39. The minimum absolute atomic E-state index is 0.985. The maximum Gasteiger partial charge on any atom is 0.0230 e. The number of benzene rings is 1. The number of nitrogens with one attached hydrogen (secondary N) is 1. The molecule has 2 heteroatoms. The molecular weight excluding hydrogens is 208 g/mol. The Bertz CT molecular complexity index is 306. The lowest BCUT2D eigenvalue weighted by molar-refractivity contribution is 0.320. The molecule has 0 amide bonds. The molecule has 17 heavy (non-hydrogen) atoms.